The summed E-state index contributed by atoms with van der Waals surface area (Å²) in [6.07, 6.45) is 4.95. The number of aromatic nitrogens is 4. The zero-order valence-electron chi connectivity index (χ0n) is 29.3. The molecule has 0 radical (unpaired) electrons. The van der Waals surface area contributed by atoms with Crippen molar-refractivity contribution in [1.82, 2.24) is 40.4 Å². The zero-order valence-corrected chi connectivity index (χ0v) is 30.9. The summed E-state index contributed by atoms with van der Waals surface area (Å²) in [6, 6.07) is 6.32. The van der Waals surface area contributed by atoms with E-state index in [4.69, 9.17) is 4.74 Å². The molecule has 14 nitrogen and oxygen atoms in total. The van der Waals surface area contributed by atoms with E-state index in [1.54, 1.807) is 38.7 Å². The van der Waals surface area contributed by atoms with Gasteiger partial charge in [-0.15, -0.1) is 22.7 Å². The van der Waals surface area contributed by atoms with E-state index < -0.39 is 24.3 Å². The molecule has 0 bridgehead atoms. The van der Waals surface area contributed by atoms with Crippen LogP contribution in [0.15, 0.2) is 36.7 Å². The number of carbonyl (C=O) groups is 4. The van der Waals surface area contributed by atoms with Crippen LogP contribution in [0.25, 0.3) is 30.9 Å². The molecule has 4 amide bonds. The quantitative estimate of drug-likeness (QED) is 0.119. The molecule has 272 valence electrons. The van der Waals surface area contributed by atoms with Crippen LogP contribution < -0.4 is 10.6 Å². The Morgan fingerprint density at radius 2 is 1.20 bits per heavy atom. The van der Waals surface area contributed by atoms with Gasteiger partial charge in [-0.2, -0.15) is 0 Å². The molecule has 6 heterocycles. The minimum atomic E-state index is -1.21. The number of nitrogens with one attached hydrogen (secondary N) is 4. The Morgan fingerprint density at radius 1 is 0.765 bits per heavy atom. The first-order chi connectivity index (χ1) is 24.4. The number of rotatable bonds is 11. The molecule has 4 aromatic heterocycles. The third-order valence-electron chi connectivity index (χ3n) is 9.48. The van der Waals surface area contributed by atoms with Gasteiger partial charge in [0.1, 0.15) is 23.7 Å². The van der Waals surface area contributed by atoms with Crippen molar-refractivity contribution >= 4 is 46.7 Å². The Kier molecular flexibility index (Phi) is 10.8. The van der Waals surface area contributed by atoms with E-state index in [-0.39, 0.29) is 35.7 Å². The molecule has 6 rings (SSSR count). The molecule has 2 aliphatic heterocycles. The summed E-state index contributed by atoms with van der Waals surface area (Å²) in [4.78, 5) is 74.2. The Balaban J connectivity index is 1.13. The van der Waals surface area contributed by atoms with E-state index in [0.717, 1.165) is 62.4 Å². The van der Waals surface area contributed by atoms with Gasteiger partial charge in [0.2, 0.25) is 11.8 Å². The fourth-order valence-corrected chi connectivity index (χ4v) is 8.86. The first-order valence-electron chi connectivity index (χ1n) is 17.2. The molecule has 4 atom stereocenters. The summed E-state index contributed by atoms with van der Waals surface area (Å²) in [6.45, 7) is 8.59. The average molecular weight is 737 g/mol. The van der Waals surface area contributed by atoms with Gasteiger partial charge in [-0.05, 0) is 61.8 Å². The van der Waals surface area contributed by atoms with Crippen molar-refractivity contribution in [3.05, 3.63) is 48.3 Å². The molecule has 2 fully saturated rings. The standard InChI is InChI=1S/C35H44N8O6S2/c1-18(2)28(40-34(46)47)32(44)42-14-6-8-22(42)30-36-16-20(38-30)24-10-12-26(50-24)27-13-11-25(51-27)21-17-37-31(39-21)23-9-7-15-43(23)33(45)29(19(3)4)41-35(48)49-5/h10-13,16-19,22-23,28-29,40H,6-9,14-15H2,1-5H3,(H,36,38)(H,37,39)(H,41,48)(H,46,47)/t22-,23-,28+,29+/m0/s1. The smallest absolute Gasteiger partial charge is 0.407 e. The highest BCUT2D eigenvalue weighted by Gasteiger charge is 2.39. The fraction of sp³-hybridized carbons (Fsp3) is 0.486. The molecule has 0 saturated carbocycles. The van der Waals surface area contributed by atoms with Gasteiger partial charge in [-0.1, -0.05) is 27.7 Å². The van der Waals surface area contributed by atoms with Crippen molar-refractivity contribution < 1.29 is 29.0 Å². The highest BCUT2D eigenvalue weighted by Crippen LogP contribution is 2.41. The number of carboxylic acid groups (broad SMARTS) is 1. The number of aromatic amines is 2. The molecule has 2 saturated heterocycles. The van der Waals surface area contributed by atoms with Gasteiger partial charge in [0.15, 0.2) is 0 Å². The van der Waals surface area contributed by atoms with Crippen LogP contribution in [0.3, 0.4) is 0 Å². The van der Waals surface area contributed by atoms with E-state index in [9.17, 15) is 24.3 Å². The molecule has 5 N–H and O–H groups in total. The monoisotopic (exact) mass is 736 g/mol. The molecule has 51 heavy (non-hydrogen) atoms. The molecule has 4 aromatic rings. The van der Waals surface area contributed by atoms with Gasteiger partial charge in [0.25, 0.3) is 0 Å². The Bertz CT molecular complexity index is 1880. The molecule has 0 aromatic carbocycles. The van der Waals surface area contributed by atoms with Crippen molar-refractivity contribution in [2.45, 2.75) is 77.5 Å². The van der Waals surface area contributed by atoms with E-state index >= 15 is 0 Å². The largest absolute Gasteiger partial charge is 0.465 e. The van der Waals surface area contributed by atoms with E-state index in [1.165, 1.54) is 7.11 Å². The van der Waals surface area contributed by atoms with E-state index in [0.29, 0.717) is 18.9 Å². The molecule has 16 heteroatoms. The van der Waals surface area contributed by atoms with Crippen LogP contribution in [-0.4, -0.2) is 91.1 Å². The Labute approximate surface area is 304 Å². The van der Waals surface area contributed by atoms with Crippen LogP contribution in [0.4, 0.5) is 9.59 Å². The molecule has 2 aliphatic rings. The van der Waals surface area contributed by atoms with Crippen LogP contribution in [0, 0.1) is 11.8 Å². The number of nitrogens with zero attached hydrogens (tertiary/aromatic N) is 4. The van der Waals surface area contributed by atoms with Gasteiger partial charge in [0, 0.05) is 22.8 Å². The van der Waals surface area contributed by atoms with Crippen LogP contribution in [-0.2, 0) is 14.3 Å². The number of hydrogen-bond acceptors (Lipinski definition) is 9. The highest BCUT2D eigenvalue weighted by molar-refractivity contribution is 7.25. The second-order valence-electron chi connectivity index (χ2n) is 13.6. The predicted molar refractivity (Wildman–Crippen MR) is 194 cm³/mol. The van der Waals surface area contributed by atoms with Gasteiger partial charge in [-0.25, -0.2) is 19.6 Å². The normalized spacial score (nSPS) is 18.7. The molecule has 0 aliphatic carbocycles. The Morgan fingerprint density at radius 3 is 1.61 bits per heavy atom. The van der Waals surface area contributed by atoms with Crippen LogP contribution in [0.2, 0.25) is 0 Å². The number of methoxy groups -OCH3 is 1. The maximum absolute atomic E-state index is 13.5. The van der Waals surface area contributed by atoms with Crippen molar-refractivity contribution in [3.63, 3.8) is 0 Å². The lowest BCUT2D eigenvalue weighted by Crippen LogP contribution is -2.51. The summed E-state index contributed by atoms with van der Waals surface area (Å²) in [5.41, 5.74) is 1.73. The lowest BCUT2D eigenvalue weighted by Gasteiger charge is -2.30. The van der Waals surface area contributed by atoms with Crippen molar-refractivity contribution in [3.8, 4) is 30.9 Å². The molecule has 0 unspecified atom stereocenters. The SMILES string of the molecule is COC(=O)N[C@@H](C(=O)N1CCC[C@H]1c1ncc(-c2ccc(-c3ccc(-c4cnc([C@@H]5CCCN5C(=O)[C@H](NC(=O)O)C(C)C)[nH]4)s3)s2)[nH]1)C(C)C. The maximum Gasteiger partial charge on any atom is 0.407 e. The van der Waals surface area contributed by atoms with Crippen molar-refractivity contribution in [2.24, 2.45) is 11.8 Å². The van der Waals surface area contributed by atoms with Gasteiger partial charge < -0.3 is 40.2 Å². The summed E-state index contributed by atoms with van der Waals surface area (Å²) < 4.78 is 4.75. The van der Waals surface area contributed by atoms with Gasteiger partial charge in [-0.3, -0.25) is 9.59 Å². The number of ether oxygens (including phenoxy) is 1. The zero-order chi connectivity index (χ0) is 36.4. The lowest BCUT2D eigenvalue weighted by molar-refractivity contribution is -0.136. The third-order valence-corrected chi connectivity index (χ3v) is 11.9. The number of likely N-dealkylation sites (tertiary alicyclic amines) is 2. The van der Waals surface area contributed by atoms with Crippen molar-refractivity contribution in [2.75, 3.05) is 20.2 Å². The van der Waals surface area contributed by atoms with Crippen LogP contribution in [0.5, 0.6) is 0 Å². The number of hydrogen-bond donors (Lipinski definition) is 5. The number of thiophene rings is 2. The van der Waals surface area contributed by atoms with Crippen LogP contribution in [0.1, 0.15) is 77.1 Å². The van der Waals surface area contributed by atoms with E-state index in [2.05, 4.69) is 54.8 Å². The lowest BCUT2D eigenvalue weighted by atomic mass is 10.0. The number of imidazole rings is 2. The number of H-pyrrole nitrogens is 2. The maximum atomic E-state index is 13.5. The topological polar surface area (TPSA) is 186 Å². The third kappa shape index (κ3) is 7.66. The minimum Gasteiger partial charge on any atom is -0.465 e. The first-order valence-corrected chi connectivity index (χ1v) is 18.8. The van der Waals surface area contributed by atoms with Gasteiger partial charge in [0.05, 0.1) is 52.7 Å². The Hall–Kier alpha value is -4.70. The van der Waals surface area contributed by atoms with Crippen molar-refractivity contribution in [1.29, 1.82) is 0 Å². The molecular formula is C35H44N8O6S2. The number of amides is 4. The summed E-state index contributed by atoms with van der Waals surface area (Å²) in [5.74, 6) is 0.747. The van der Waals surface area contributed by atoms with E-state index in [1.807, 2.05) is 33.9 Å². The molecule has 0 spiro atoms. The highest BCUT2D eigenvalue weighted by atomic mass is 32.1. The predicted octanol–water partition coefficient (Wildman–Crippen LogP) is 6.26. The molecular weight excluding hydrogens is 693 g/mol. The second kappa shape index (κ2) is 15.3. The fourth-order valence-electron chi connectivity index (χ4n) is 6.83. The minimum absolute atomic E-state index is 0.108. The number of alkyl carbamates (subject to hydrolysis) is 1. The summed E-state index contributed by atoms with van der Waals surface area (Å²) >= 11 is 3.29. The summed E-state index contributed by atoms with van der Waals surface area (Å²) in [5, 5.41) is 14.4. The number of carbonyl (C=O) groups excluding carboxylic acids is 3. The van der Waals surface area contributed by atoms with Gasteiger partial charge >= 0.3 is 12.2 Å². The first kappa shape index (κ1) is 36.1. The summed E-state index contributed by atoms with van der Waals surface area (Å²) in [7, 11) is 1.29. The van der Waals surface area contributed by atoms with Crippen LogP contribution >= 0.6 is 22.7 Å². The second-order valence-corrected chi connectivity index (χ2v) is 15.8. The average Bonchev–Trinajstić information content (AvgIpc) is 3.93.